The first kappa shape index (κ1) is 18.1. The van der Waals surface area contributed by atoms with Crippen molar-refractivity contribution in [3.8, 4) is 0 Å². The van der Waals surface area contributed by atoms with Gasteiger partial charge in [0.2, 0.25) is 5.78 Å². The van der Waals surface area contributed by atoms with Crippen LogP contribution >= 0.6 is 0 Å². The predicted molar refractivity (Wildman–Crippen MR) is 113 cm³/mol. The Balaban J connectivity index is 1.41. The lowest BCUT2D eigenvalue weighted by molar-refractivity contribution is -0.135. The molecule has 5 heteroatoms. The van der Waals surface area contributed by atoms with Gasteiger partial charge in [0.05, 0.1) is 23.4 Å². The van der Waals surface area contributed by atoms with E-state index in [9.17, 15) is 9.59 Å². The molecule has 0 bridgehead atoms. The van der Waals surface area contributed by atoms with Crippen molar-refractivity contribution in [3.63, 3.8) is 0 Å². The number of ketones is 1. The summed E-state index contributed by atoms with van der Waals surface area (Å²) in [5, 5.41) is 0. The topological polar surface area (TPSA) is 66.1 Å². The summed E-state index contributed by atoms with van der Waals surface area (Å²) in [5.74, 6) is 0.0258. The van der Waals surface area contributed by atoms with Crippen LogP contribution in [0, 0.1) is 11.8 Å². The normalized spacial score (nSPS) is 27.7. The van der Waals surface area contributed by atoms with Gasteiger partial charge in [-0.1, -0.05) is 37.3 Å². The molecule has 1 saturated carbocycles. The summed E-state index contributed by atoms with van der Waals surface area (Å²) in [7, 11) is 0. The van der Waals surface area contributed by atoms with Crippen molar-refractivity contribution in [2.45, 2.75) is 44.6 Å². The first-order chi connectivity index (χ1) is 14.1. The Labute approximate surface area is 170 Å². The number of hydrogen-bond donors (Lipinski definition) is 1. The second kappa shape index (κ2) is 7.14. The maximum absolute atomic E-state index is 12.9. The Morgan fingerprint density at radius 2 is 1.76 bits per heavy atom. The number of nitrogens with zero attached hydrogens (tertiary/aromatic N) is 2. The van der Waals surface area contributed by atoms with Crippen molar-refractivity contribution in [2.75, 3.05) is 4.90 Å². The molecule has 5 nitrogen and oxygen atoms in total. The zero-order valence-electron chi connectivity index (χ0n) is 16.5. The molecule has 2 unspecified atom stereocenters. The highest BCUT2D eigenvalue weighted by atomic mass is 16.2. The highest BCUT2D eigenvalue weighted by molar-refractivity contribution is 6.44. The minimum absolute atomic E-state index is 0.0629. The predicted octanol–water partition coefficient (Wildman–Crippen LogP) is 4.46. The monoisotopic (exact) mass is 387 g/mol. The minimum atomic E-state index is -0.369. The zero-order valence-corrected chi connectivity index (χ0v) is 16.5. The number of anilines is 1. The third kappa shape index (κ3) is 3.05. The van der Waals surface area contributed by atoms with E-state index in [1.54, 1.807) is 11.2 Å². The number of hydrogen-bond acceptors (Lipinski definition) is 3. The number of Topliss-reactive ketones (excluding diaryl/α,β-unsaturated/α-hetero) is 1. The molecule has 148 valence electrons. The Kier molecular flexibility index (Phi) is 4.46. The van der Waals surface area contributed by atoms with Gasteiger partial charge in [0, 0.05) is 11.6 Å². The first-order valence-corrected chi connectivity index (χ1v) is 10.5. The number of benzene rings is 2. The van der Waals surface area contributed by atoms with E-state index in [1.807, 2.05) is 25.1 Å². The summed E-state index contributed by atoms with van der Waals surface area (Å²) in [5.41, 5.74) is 3.94. The molecule has 2 fully saturated rings. The molecule has 2 aromatic carbocycles. The van der Waals surface area contributed by atoms with Gasteiger partial charge in [-0.15, -0.1) is 0 Å². The van der Waals surface area contributed by atoms with Crippen molar-refractivity contribution in [1.29, 1.82) is 0 Å². The molecule has 5 rings (SSSR count). The lowest BCUT2D eigenvalue weighted by Gasteiger charge is -2.37. The first-order valence-electron chi connectivity index (χ1n) is 10.5. The largest absolute Gasteiger partial charge is 0.345 e. The molecule has 1 amide bonds. The molecule has 1 saturated heterocycles. The average molecular weight is 387 g/mol. The highest BCUT2D eigenvalue weighted by Gasteiger charge is 2.49. The van der Waals surface area contributed by atoms with Crippen LogP contribution in [0.15, 0.2) is 54.9 Å². The standard InChI is InChI=1S/C24H25N3O2/c1-15-22(18-9-7-17(8-10-18)16-5-3-2-4-6-16)27(24(29)23(15)28)19-11-12-20-21(13-19)26-14-25-20/h2-6,11-15,17-18,22H,7-10H2,1H3,(H,25,26). The number of rotatable bonds is 3. The van der Waals surface area contributed by atoms with E-state index in [0.717, 1.165) is 42.4 Å². The van der Waals surface area contributed by atoms with Crippen molar-refractivity contribution in [2.24, 2.45) is 11.8 Å². The number of nitrogens with one attached hydrogen (secondary N) is 1. The molecule has 1 N–H and O–H groups in total. The van der Waals surface area contributed by atoms with Gasteiger partial charge in [-0.2, -0.15) is 0 Å². The van der Waals surface area contributed by atoms with Crippen molar-refractivity contribution in [3.05, 3.63) is 60.4 Å². The van der Waals surface area contributed by atoms with E-state index in [2.05, 4.69) is 40.3 Å². The van der Waals surface area contributed by atoms with Crippen LogP contribution in [0.25, 0.3) is 11.0 Å². The van der Waals surface area contributed by atoms with E-state index in [1.165, 1.54) is 5.56 Å². The molecule has 1 aliphatic heterocycles. The number of aromatic amines is 1. The van der Waals surface area contributed by atoms with E-state index in [0.29, 0.717) is 11.8 Å². The number of amides is 1. The summed E-state index contributed by atoms with van der Waals surface area (Å²) in [6.45, 7) is 1.92. The molecule has 1 aliphatic carbocycles. The summed E-state index contributed by atoms with van der Waals surface area (Å²) >= 11 is 0. The maximum Gasteiger partial charge on any atom is 0.295 e. The van der Waals surface area contributed by atoms with E-state index >= 15 is 0 Å². The second-order valence-corrected chi connectivity index (χ2v) is 8.45. The molecule has 3 aromatic rings. The van der Waals surface area contributed by atoms with Crippen LogP contribution in [0.2, 0.25) is 0 Å². The lowest BCUT2D eigenvalue weighted by Crippen LogP contribution is -2.41. The van der Waals surface area contributed by atoms with Crippen LogP contribution < -0.4 is 4.90 Å². The molecular formula is C24H25N3O2. The van der Waals surface area contributed by atoms with Gasteiger partial charge in [0.25, 0.3) is 5.91 Å². The van der Waals surface area contributed by atoms with Crippen molar-refractivity contribution in [1.82, 2.24) is 9.97 Å². The maximum atomic E-state index is 12.9. The molecule has 2 aliphatic rings. The Morgan fingerprint density at radius 3 is 2.52 bits per heavy atom. The molecule has 0 radical (unpaired) electrons. The number of imidazole rings is 1. The van der Waals surface area contributed by atoms with Crippen molar-refractivity contribution < 1.29 is 9.59 Å². The number of carbonyl (C=O) groups is 2. The third-order valence-corrected chi connectivity index (χ3v) is 6.86. The molecule has 2 heterocycles. The Morgan fingerprint density at radius 1 is 1.00 bits per heavy atom. The average Bonchev–Trinajstić information content (AvgIpc) is 3.32. The highest BCUT2D eigenvalue weighted by Crippen LogP contribution is 2.43. The number of fused-ring (bicyclic) bond motifs is 1. The summed E-state index contributed by atoms with van der Waals surface area (Å²) in [6, 6.07) is 16.4. The van der Waals surface area contributed by atoms with Gasteiger partial charge in [0.15, 0.2) is 0 Å². The molecular weight excluding hydrogens is 362 g/mol. The minimum Gasteiger partial charge on any atom is -0.345 e. The summed E-state index contributed by atoms with van der Waals surface area (Å²) < 4.78 is 0. The van der Waals surface area contributed by atoms with Crippen LogP contribution in [-0.4, -0.2) is 27.7 Å². The smallest absolute Gasteiger partial charge is 0.295 e. The van der Waals surface area contributed by atoms with E-state index in [4.69, 9.17) is 0 Å². The van der Waals surface area contributed by atoms with Gasteiger partial charge >= 0.3 is 0 Å². The second-order valence-electron chi connectivity index (χ2n) is 8.45. The zero-order chi connectivity index (χ0) is 20.0. The summed E-state index contributed by atoms with van der Waals surface area (Å²) in [6.07, 6.45) is 5.94. The van der Waals surface area contributed by atoms with Crippen LogP contribution in [0.3, 0.4) is 0 Å². The number of H-pyrrole nitrogens is 1. The van der Waals surface area contributed by atoms with E-state index in [-0.39, 0.29) is 23.7 Å². The molecule has 0 spiro atoms. The Hall–Kier alpha value is -2.95. The quantitative estimate of drug-likeness (QED) is 0.675. The molecule has 1 aromatic heterocycles. The molecule has 2 atom stereocenters. The van der Waals surface area contributed by atoms with Gasteiger partial charge in [-0.05, 0) is 61.3 Å². The fourth-order valence-electron chi connectivity index (χ4n) is 5.33. The third-order valence-electron chi connectivity index (χ3n) is 6.86. The fourth-order valence-corrected chi connectivity index (χ4v) is 5.33. The van der Waals surface area contributed by atoms with Crippen LogP contribution in [0.1, 0.15) is 44.1 Å². The van der Waals surface area contributed by atoms with Crippen LogP contribution in [0.4, 0.5) is 5.69 Å². The van der Waals surface area contributed by atoms with Crippen molar-refractivity contribution >= 4 is 28.4 Å². The fraction of sp³-hybridized carbons (Fsp3) is 0.375. The van der Waals surface area contributed by atoms with Crippen LogP contribution in [-0.2, 0) is 9.59 Å². The van der Waals surface area contributed by atoms with Gasteiger partial charge in [0.1, 0.15) is 0 Å². The van der Waals surface area contributed by atoms with Crippen LogP contribution in [0.5, 0.6) is 0 Å². The van der Waals surface area contributed by atoms with Gasteiger partial charge in [-0.3, -0.25) is 9.59 Å². The van der Waals surface area contributed by atoms with Gasteiger partial charge in [-0.25, -0.2) is 4.98 Å². The molecule has 29 heavy (non-hydrogen) atoms. The lowest BCUT2D eigenvalue weighted by atomic mass is 9.73. The number of aromatic nitrogens is 2. The SMILES string of the molecule is CC1C(=O)C(=O)N(c2ccc3nc[nH]c3c2)C1C1CCC(c2ccccc2)CC1. The number of carbonyl (C=O) groups excluding carboxylic acids is 2. The Bertz CT molecular complexity index is 1050. The van der Waals surface area contributed by atoms with Gasteiger partial charge < -0.3 is 9.88 Å². The van der Waals surface area contributed by atoms with E-state index < -0.39 is 0 Å². The summed E-state index contributed by atoms with van der Waals surface area (Å²) in [4.78, 5) is 34.6.